The van der Waals surface area contributed by atoms with Crippen molar-refractivity contribution in [3.05, 3.63) is 90.1 Å². The van der Waals surface area contributed by atoms with Crippen LogP contribution in [0.1, 0.15) is 42.1 Å². The number of carboxylic acid groups (broad SMARTS) is 1. The molecule has 1 atom stereocenters. The second-order valence-electron chi connectivity index (χ2n) is 13.7. The molecule has 53 heavy (non-hydrogen) atoms. The fourth-order valence-electron chi connectivity index (χ4n) is 7.23. The Morgan fingerprint density at radius 1 is 1.06 bits per heavy atom. The topological polar surface area (TPSA) is 158 Å². The number of likely N-dealkylation sites (tertiary alicyclic amines) is 1. The number of imidazole rings is 1. The molecule has 13 nitrogen and oxygen atoms in total. The van der Waals surface area contributed by atoms with Gasteiger partial charge >= 0.3 is 6.01 Å². The van der Waals surface area contributed by atoms with E-state index in [9.17, 15) is 4.79 Å². The minimum atomic E-state index is -1.16. The number of aryl methyl sites for hydroxylation is 1. The number of piperidine rings is 1. The molecule has 2 aliphatic heterocycles. The van der Waals surface area contributed by atoms with E-state index >= 15 is 8.78 Å². The lowest BCUT2D eigenvalue weighted by atomic mass is 9.93. The molecule has 3 aromatic heterocycles. The van der Waals surface area contributed by atoms with Crippen LogP contribution in [0.2, 0.25) is 0 Å². The van der Waals surface area contributed by atoms with E-state index in [0.717, 1.165) is 60.7 Å². The lowest BCUT2D eigenvalue weighted by molar-refractivity contribution is -0.918. The van der Waals surface area contributed by atoms with E-state index in [4.69, 9.17) is 14.6 Å². The summed E-state index contributed by atoms with van der Waals surface area (Å²) in [7, 11) is 2.39. The molecule has 2 aromatic carbocycles. The third kappa shape index (κ3) is 8.75. The molecule has 0 spiro atoms. The number of carbonyl (C=O) groups is 2. The molecule has 15 heteroatoms. The largest absolute Gasteiger partial charge is 0.554 e. The Morgan fingerprint density at radius 3 is 2.55 bits per heavy atom. The Labute approximate surface area is 306 Å². The third-order valence-corrected chi connectivity index (χ3v) is 10.1. The highest BCUT2D eigenvalue weighted by Crippen LogP contribution is 2.33. The Hall–Kier alpha value is -5.54. The fraction of sp³-hybridized carbons (Fsp3) is 0.368. The van der Waals surface area contributed by atoms with Crippen LogP contribution in [0.15, 0.2) is 67.4 Å². The SMILES string of the molecule is CCc1cc(Nc2nccn3c(-c4ccc(Oc5ncccn5)c(F)c4F)cnc23)ccc1C(=O)NCC1CC[N+](C)(CC2CCNC2)CC1.O=C[O-]. The van der Waals surface area contributed by atoms with E-state index in [1.807, 2.05) is 25.1 Å². The van der Waals surface area contributed by atoms with Crippen molar-refractivity contribution in [3.8, 4) is 23.0 Å². The zero-order chi connectivity index (χ0) is 37.4. The van der Waals surface area contributed by atoms with Gasteiger partial charge in [0, 0.05) is 79.9 Å². The Morgan fingerprint density at radius 2 is 1.83 bits per heavy atom. The maximum absolute atomic E-state index is 15.3. The number of amides is 1. The van der Waals surface area contributed by atoms with Gasteiger partial charge in [-0.25, -0.2) is 24.3 Å². The van der Waals surface area contributed by atoms with Gasteiger partial charge in [0.2, 0.25) is 5.82 Å². The van der Waals surface area contributed by atoms with Gasteiger partial charge in [-0.15, -0.1) is 0 Å². The summed E-state index contributed by atoms with van der Waals surface area (Å²) in [6.45, 7) is 8.05. The lowest BCUT2D eigenvalue weighted by Crippen LogP contribution is -2.53. The number of carbonyl (C=O) groups excluding carboxylic acids is 2. The minimum Gasteiger partial charge on any atom is -0.554 e. The summed E-state index contributed by atoms with van der Waals surface area (Å²) in [4.78, 5) is 38.3. The van der Waals surface area contributed by atoms with Crippen molar-refractivity contribution in [2.45, 2.75) is 32.6 Å². The molecule has 1 amide bonds. The number of hydrogen-bond acceptors (Lipinski definition) is 10. The third-order valence-electron chi connectivity index (χ3n) is 10.1. The van der Waals surface area contributed by atoms with E-state index in [1.54, 1.807) is 22.9 Å². The number of halogens is 2. The normalized spacial score (nSPS) is 19.6. The maximum atomic E-state index is 15.3. The van der Waals surface area contributed by atoms with Crippen molar-refractivity contribution >= 4 is 29.5 Å². The highest BCUT2D eigenvalue weighted by molar-refractivity contribution is 5.96. The summed E-state index contributed by atoms with van der Waals surface area (Å²) < 4.78 is 38.5. The molecule has 278 valence electrons. The fourth-order valence-corrected chi connectivity index (χ4v) is 7.23. The number of rotatable bonds is 11. The highest BCUT2D eigenvalue weighted by Gasteiger charge is 2.33. The zero-order valence-electron chi connectivity index (χ0n) is 29.7. The molecule has 2 saturated heterocycles. The average molecular weight is 728 g/mol. The number of hydrogen-bond donors (Lipinski definition) is 3. The van der Waals surface area contributed by atoms with Gasteiger partial charge in [0.15, 0.2) is 23.0 Å². The van der Waals surface area contributed by atoms with Crippen LogP contribution in [0.4, 0.5) is 20.3 Å². The molecule has 0 radical (unpaired) electrons. The van der Waals surface area contributed by atoms with Crippen LogP contribution in [0, 0.1) is 23.5 Å². The molecule has 5 aromatic rings. The van der Waals surface area contributed by atoms with Crippen LogP contribution in [0.3, 0.4) is 0 Å². The average Bonchev–Trinajstić information content (AvgIpc) is 3.85. The number of anilines is 2. The quantitative estimate of drug-likeness (QED) is 0.134. The number of nitrogens with zero attached hydrogens (tertiary/aromatic N) is 6. The molecule has 1 unspecified atom stereocenters. The van der Waals surface area contributed by atoms with Crippen molar-refractivity contribution in [1.82, 2.24) is 35.0 Å². The van der Waals surface area contributed by atoms with E-state index in [0.29, 0.717) is 41.6 Å². The van der Waals surface area contributed by atoms with Crippen LogP contribution >= 0.6 is 0 Å². The molecule has 0 aliphatic carbocycles. The first-order valence-electron chi connectivity index (χ1n) is 17.7. The highest BCUT2D eigenvalue weighted by atomic mass is 19.2. The van der Waals surface area contributed by atoms with Crippen molar-refractivity contribution < 1.29 is 32.7 Å². The van der Waals surface area contributed by atoms with Gasteiger partial charge in [0.05, 0.1) is 38.6 Å². The summed E-state index contributed by atoms with van der Waals surface area (Å²) in [5.41, 5.74) is 3.04. The monoisotopic (exact) mass is 727 g/mol. The molecule has 3 N–H and O–H groups in total. The van der Waals surface area contributed by atoms with E-state index in [2.05, 4.69) is 42.9 Å². The van der Waals surface area contributed by atoms with Gasteiger partial charge in [0.1, 0.15) is 0 Å². The molecule has 7 rings (SSSR count). The first-order chi connectivity index (χ1) is 25.7. The predicted molar refractivity (Wildman–Crippen MR) is 192 cm³/mol. The van der Waals surface area contributed by atoms with Gasteiger partial charge in [0.25, 0.3) is 5.91 Å². The smallest absolute Gasteiger partial charge is 0.321 e. The van der Waals surface area contributed by atoms with Gasteiger partial charge < -0.3 is 35.1 Å². The minimum absolute atomic E-state index is 0.0000466. The van der Waals surface area contributed by atoms with E-state index in [1.165, 1.54) is 43.7 Å². The number of aromatic nitrogens is 5. The van der Waals surface area contributed by atoms with Crippen LogP contribution in [-0.4, -0.2) is 87.5 Å². The van der Waals surface area contributed by atoms with Crippen LogP contribution in [-0.2, 0) is 11.2 Å². The second-order valence-corrected chi connectivity index (χ2v) is 13.7. The van der Waals surface area contributed by atoms with Crippen molar-refractivity contribution in [2.24, 2.45) is 11.8 Å². The summed E-state index contributed by atoms with van der Waals surface area (Å²) in [5.74, 6) is -0.959. The summed E-state index contributed by atoms with van der Waals surface area (Å²) >= 11 is 0. The van der Waals surface area contributed by atoms with Crippen LogP contribution in [0.5, 0.6) is 11.8 Å². The summed E-state index contributed by atoms with van der Waals surface area (Å²) in [6.07, 6.45) is 11.7. The number of nitrogens with one attached hydrogen (secondary N) is 3. The van der Waals surface area contributed by atoms with Gasteiger partial charge in [-0.2, -0.15) is 4.39 Å². The maximum Gasteiger partial charge on any atom is 0.321 e. The van der Waals surface area contributed by atoms with Crippen molar-refractivity contribution in [2.75, 3.05) is 51.6 Å². The Bertz CT molecular complexity index is 2030. The van der Waals surface area contributed by atoms with E-state index < -0.39 is 18.1 Å². The first kappa shape index (κ1) is 37.2. The van der Waals surface area contributed by atoms with Crippen LogP contribution in [0.25, 0.3) is 16.9 Å². The number of quaternary nitrogens is 1. The van der Waals surface area contributed by atoms with Crippen molar-refractivity contribution in [3.63, 3.8) is 0 Å². The Balaban J connectivity index is 0.00000155. The summed E-state index contributed by atoms with van der Waals surface area (Å²) in [6, 6.07) is 9.86. The zero-order valence-corrected chi connectivity index (χ0v) is 29.7. The number of benzene rings is 2. The van der Waals surface area contributed by atoms with Crippen LogP contribution < -0.4 is 25.8 Å². The molecule has 0 bridgehead atoms. The van der Waals surface area contributed by atoms with Gasteiger partial charge in [-0.3, -0.25) is 9.20 Å². The predicted octanol–water partition coefficient (Wildman–Crippen LogP) is 4.12. The van der Waals surface area contributed by atoms with Gasteiger partial charge in [-0.1, -0.05) is 6.92 Å². The lowest BCUT2D eigenvalue weighted by Gasteiger charge is -2.42. The molecule has 0 saturated carbocycles. The van der Waals surface area contributed by atoms with E-state index in [-0.39, 0.29) is 23.2 Å². The Kier molecular flexibility index (Phi) is 11.8. The number of ether oxygens (including phenoxy) is 1. The molecule has 2 aliphatic rings. The van der Waals surface area contributed by atoms with Gasteiger partial charge in [-0.05, 0) is 67.3 Å². The standard InChI is InChI=1S/C37H41F2N9O2.CH2O2/c1-3-26-19-27(5-6-28(26)36(49)45-21-24-10-17-48(2,18-11-24)23-25-9-14-40-20-25)46-34-35-44-22-30(47(35)16-15-41-34)29-7-8-31(33(39)32(29)38)50-37-42-12-4-13-43-37;2-1-3/h4-8,12-13,15-16,19,22,24-25,40H,3,9-11,14,17-18,20-21,23H2,1-2H3,(H-,41,45,46,49);1H,(H,2,3). The molecule has 2 fully saturated rings. The summed E-state index contributed by atoms with van der Waals surface area (Å²) in [5, 5.41) is 18.2. The molecule has 5 heterocycles. The molecular weight excluding hydrogens is 684 g/mol. The second kappa shape index (κ2) is 16.9. The first-order valence-corrected chi connectivity index (χ1v) is 17.7. The number of fused-ring (bicyclic) bond motifs is 1. The van der Waals surface area contributed by atoms with Crippen molar-refractivity contribution in [1.29, 1.82) is 0 Å². The molecular formula is C38H43F2N9O4.